The number of halogens is 1. The second-order valence-corrected chi connectivity index (χ2v) is 5.81. The molecule has 0 saturated carbocycles. The number of nitrogens with zero attached hydrogens (tertiary/aromatic N) is 1. The second kappa shape index (κ2) is 7.27. The number of hydrogen-bond acceptors (Lipinski definition) is 2. The number of benzene rings is 1. The summed E-state index contributed by atoms with van der Waals surface area (Å²) in [7, 11) is 0. The van der Waals surface area contributed by atoms with Crippen molar-refractivity contribution in [3.8, 4) is 0 Å². The maximum Gasteiger partial charge on any atom is 0.125 e. The molecule has 4 heteroatoms. The van der Waals surface area contributed by atoms with Crippen molar-refractivity contribution in [1.82, 2.24) is 0 Å². The van der Waals surface area contributed by atoms with Crippen LogP contribution in [0.4, 0.5) is 10.1 Å². The van der Waals surface area contributed by atoms with Gasteiger partial charge in [-0.05, 0) is 38.0 Å². The average molecular weight is 279 g/mol. The lowest BCUT2D eigenvalue weighted by Crippen LogP contribution is -2.31. The van der Waals surface area contributed by atoms with Crippen LogP contribution in [0.3, 0.4) is 0 Å². The molecule has 1 rings (SSSR count). The third kappa shape index (κ3) is 4.83. The summed E-state index contributed by atoms with van der Waals surface area (Å²) in [5.74, 6) is 0.0497. The summed E-state index contributed by atoms with van der Waals surface area (Å²) in [5.41, 5.74) is 6.28. The molecule has 0 aliphatic rings. The summed E-state index contributed by atoms with van der Waals surface area (Å²) in [6.45, 7) is 7.83. The number of hydrogen-bond donors (Lipinski definition) is 2. The molecule has 0 unspecified atom stereocenters. The Kier molecular flexibility index (Phi) is 5.99. The van der Waals surface area contributed by atoms with Crippen LogP contribution >= 0.6 is 0 Å². The van der Waals surface area contributed by atoms with Crippen LogP contribution < -0.4 is 10.6 Å². The molecular weight excluding hydrogens is 253 g/mol. The van der Waals surface area contributed by atoms with Crippen molar-refractivity contribution in [2.24, 2.45) is 11.1 Å². The van der Waals surface area contributed by atoms with Gasteiger partial charge in [0.2, 0.25) is 0 Å². The summed E-state index contributed by atoms with van der Waals surface area (Å²) in [6, 6.07) is 6.72. The third-order valence-electron chi connectivity index (χ3n) is 3.76. The minimum absolute atomic E-state index is 0.196. The number of nitrogens with one attached hydrogen (secondary N) is 1. The van der Waals surface area contributed by atoms with E-state index in [-0.39, 0.29) is 17.1 Å². The molecule has 20 heavy (non-hydrogen) atoms. The van der Waals surface area contributed by atoms with Crippen molar-refractivity contribution >= 4 is 11.5 Å². The molecule has 0 amide bonds. The zero-order valence-corrected chi connectivity index (χ0v) is 12.7. The minimum Gasteiger partial charge on any atom is -0.387 e. The molecule has 0 fully saturated rings. The topological polar surface area (TPSA) is 53.1 Å². The lowest BCUT2D eigenvalue weighted by atomic mass is 9.86. The summed E-state index contributed by atoms with van der Waals surface area (Å²) in [4.78, 5) is 2.17. The molecule has 3 nitrogen and oxygen atoms in total. The molecule has 0 saturated heterocycles. The zero-order valence-electron chi connectivity index (χ0n) is 12.7. The molecule has 1 aromatic rings. The van der Waals surface area contributed by atoms with Gasteiger partial charge in [-0.3, -0.25) is 5.41 Å². The van der Waals surface area contributed by atoms with E-state index in [4.69, 9.17) is 11.1 Å². The smallest absolute Gasteiger partial charge is 0.125 e. The van der Waals surface area contributed by atoms with E-state index in [1.165, 1.54) is 6.07 Å². The van der Waals surface area contributed by atoms with Gasteiger partial charge in [0.05, 0.1) is 5.84 Å². The lowest BCUT2D eigenvalue weighted by molar-refractivity contribution is 0.441. The van der Waals surface area contributed by atoms with Crippen LogP contribution in [0.1, 0.15) is 40.0 Å². The van der Waals surface area contributed by atoms with Gasteiger partial charge in [0.15, 0.2) is 0 Å². The van der Waals surface area contributed by atoms with Gasteiger partial charge in [-0.15, -0.1) is 0 Å². The van der Waals surface area contributed by atoms with E-state index in [9.17, 15) is 4.39 Å². The first-order chi connectivity index (χ1) is 9.36. The zero-order chi connectivity index (χ0) is 15.2. The van der Waals surface area contributed by atoms with Crippen molar-refractivity contribution in [3.63, 3.8) is 0 Å². The van der Waals surface area contributed by atoms with Crippen molar-refractivity contribution in [3.05, 3.63) is 30.1 Å². The highest BCUT2D eigenvalue weighted by molar-refractivity contribution is 5.82. The lowest BCUT2D eigenvalue weighted by Gasteiger charge is -2.25. The summed E-state index contributed by atoms with van der Waals surface area (Å²) in [6.07, 6.45) is 2.93. The van der Waals surface area contributed by atoms with Crippen molar-refractivity contribution in [1.29, 1.82) is 5.41 Å². The Balaban J connectivity index is 2.45. The summed E-state index contributed by atoms with van der Waals surface area (Å²) in [5, 5.41) is 7.54. The van der Waals surface area contributed by atoms with E-state index < -0.39 is 0 Å². The van der Waals surface area contributed by atoms with Gasteiger partial charge in [-0.1, -0.05) is 26.3 Å². The Hall–Kier alpha value is -1.58. The number of amidine groups is 1. The van der Waals surface area contributed by atoms with E-state index in [2.05, 4.69) is 11.8 Å². The van der Waals surface area contributed by atoms with Gasteiger partial charge in [0.1, 0.15) is 5.82 Å². The van der Waals surface area contributed by atoms with Crippen LogP contribution in [0, 0.1) is 16.6 Å². The van der Waals surface area contributed by atoms with Crippen LogP contribution in [0.25, 0.3) is 0 Å². The first-order valence-electron chi connectivity index (χ1n) is 7.22. The first kappa shape index (κ1) is 16.5. The standard InChI is InChI=1S/C16H26FN3/c1-4-20(14-9-7-8-13(17)12-14)11-6-5-10-16(2,3)15(18)19/h7-9,12H,4-6,10-11H2,1-3H3,(H3,18,19). The van der Waals surface area contributed by atoms with E-state index in [0.717, 1.165) is 38.0 Å². The Morgan fingerprint density at radius 3 is 2.60 bits per heavy atom. The molecule has 0 atom stereocenters. The van der Waals surface area contributed by atoms with Gasteiger partial charge < -0.3 is 10.6 Å². The normalized spacial score (nSPS) is 11.4. The maximum absolute atomic E-state index is 13.2. The molecule has 0 aliphatic heterocycles. The fourth-order valence-corrected chi connectivity index (χ4v) is 2.15. The molecule has 1 aromatic carbocycles. The molecule has 0 heterocycles. The van der Waals surface area contributed by atoms with Gasteiger partial charge in [-0.25, -0.2) is 4.39 Å². The summed E-state index contributed by atoms with van der Waals surface area (Å²) >= 11 is 0. The molecular formula is C16H26FN3. The van der Waals surface area contributed by atoms with Gasteiger partial charge >= 0.3 is 0 Å². The second-order valence-electron chi connectivity index (χ2n) is 5.81. The van der Waals surface area contributed by atoms with Crippen molar-refractivity contribution < 1.29 is 4.39 Å². The van der Waals surface area contributed by atoms with Crippen molar-refractivity contribution in [2.45, 2.75) is 40.0 Å². The number of rotatable bonds is 8. The van der Waals surface area contributed by atoms with Crippen LogP contribution in [0.5, 0.6) is 0 Å². The van der Waals surface area contributed by atoms with Crippen LogP contribution in [-0.2, 0) is 0 Å². The molecule has 0 aliphatic carbocycles. The quantitative estimate of drug-likeness (QED) is 0.432. The Labute approximate surface area is 121 Å². The highest BCUT2D eigenvalue weighted by Gasteiger charge is 2.20. The molecule has 0 bridgehead atoms. The molecule has 0 radical (unpaired) electrons. The fraction of sp³-hybridized carbons (Fsp3) is 0.562. The van der Waals surface area contributed by atoms with Crippen LogP contribution in [-0.4, -0.2) is 18.9 Å². The summed E-state index contributed by atoms with van der Waals surface area (Å²) < 4.78 is 13.2. The van der Waals surface area contributed by atoms with E-state index >= 15 is 0 Å². The number of anilines is 1. The molecule has 3 N–H and O–H groups in total. The number of nitrogens with two attached hydrogens (primary N) is 1. The third-order valence-corrected chi connectivity index (χ3v) is 3.76. The van der Waals surface area contributed by atoms with E-state index in [0.29, 0.717) is 0 Å². The van der Waals surface area contributed by atoms with Crippen molar-refractivity contribution in [2.75, 3.05) is 18.0 Å². The van der Waals surface area contributed by atoms with Crippen LogP contribution in [0.2, 0.25) is 0 Å². The molecule has 0 aromatic heterocycles. The first-order valence-corrected chi connectivity index (χ1v) is 7.22. The fourth-order valence-electron chi connectivity index (χ4n) is 2.15. The Morgan fingerprint density at radius 1 is 1.35 bits per heavy atom. The SMILES string of the molecule is CCN(CCCCC(C)(C)C(=N)N)c1cccc(F)c1. The van der Waals surface area contributed by atoms with E-state index in [1.807, 2.05) is 19.9 Å². The largest absolute Gasteiger partial charge is 0.387 e. The monoisotopic (exact) mass is 279 g/mol. The van der Waals surface area contributed by atoms with E-state index in [1.54, 1.807) is 12.1 Å². The minimum atomic E-state index is -0.226. The van der Waals surface area contributed by atoms with Gasteiger partial charge in [0, 0.05) is 24.2 Å². The highest BCUT2D eigenvalue weighted by Crippen LogP contribution is 2.23. The Bertz CT molecular complexity index is 443. The average Bonchev–Trinajstić information content (AvgIpc) is 2.38. The van der Waals surface area contributed by atoms with Crippen LogP contribution in [0.15, 0.2) is 24.3 Å². The maximum atomic E-state index is 13.2. The number of unbranched alkanes of at least 4 members (excludes halogenated alkanes) is 1. The van der Waals surface area contributed by atoms with Gasteiger partial charge in [-0.2, -0.15) is 0 Å². The highest BCUT2D eigenvalue weighted by atomic mass is 19.1. The molecule has 112 valence electrons. The Morgan fingerprint density at radius 2 is 2.05 bits per heavy atom. The predicted molar refractivity (Wildman–Crippen MR) is 83.8 cm³/mol. The van der Waals surface area contributed by atoms with Gasteiger partial charge in [0.25, 0.3) is 0 Å². The molecule has 0 spiro atoms. The predicted octanol–water partition coefficient (Wildman–Crippen LogP) is 3.78.